The Morgan fingerprint density at radius 1 is 1.16 bits per heavy atom. The molecule has 0 N–H and O–H groups in total. The molecule has 1 rings (SSSR count). The van der Waals surface area contributed by atoms with Crippen LogP contribution in [0.1, 0.15) is 12.0 Å². The number of benzene rings is 1. The van der Waals surface area contributed by atoms with E-state index >= 15 is 0 Å². The van der Waals surface area contributed by atoms with Gasteiger partial charge in [-0.25, -0.2) is 0 Å². The number of hydrogen-bond acceptors (Lipinski definition) is 4. The summed E-state index contributed by atoms with van der Waals surface area (Å²) in [5.41, 5.74) is 0.672. The van der Waals surface area contributed by atoms with Crippen molar-refractivity contribution in [2.24, 2.45) is 0 Å². The number of hydrogen-bond donors (Lipinski definition) is 0. The lowest BCUT2D eigenvalue weighted by atomic mass is 10.0. The zero-order chi connectivity index (χ0) is 14.4. The van der Waals surface area contributed by atoms with Crippen LogP contribution in [-0.4, -0.2) is 31.7 Å². The zero-order valence-electron chi connectivity index (χ0n) is 10.7. The van der Waals surface area contributed by atoms with Gasteiger partial charge in [0.2, 0.25) is 5.78 Å². The number of carbonyl (C=O) groups is 2. The van der Waals surface area contributed by atoms with E-state index < -0.39 is 11.6 Å². The first-order chi connectivity index (χ1) is 9.03. The summed E-state index contributed by atoms with van der Waals surface area (Å²) in [6.45, 7) is 0. The van der Waals surface area contributed by atoms with Gasteiger partial charge in [-0.05, 0) is 17.7 Å². The zero-order valence-corrected chi connectivity index (χ0v) is 13.0. The molecule has 1 aromatic carbocycles. The second kappa shape index (κ2) is 7.50. The van der Waals surface area contributed by atoms with Gasteiger partial charge >= 0.3 is 0 Å². The molecule has 1 aromatic rings. The van der Waals surface area contributed by atoms with Crippen molar-refractivity contribution in [1.29, 1.82) is 0 Å². The van der Waals surface area contributed by atoms with Crippen LogP contribution >= 0.6 is 27.5 Å². The fraction of sp³-hybridized carbons (Fsp3) is 0.385. The number of ether oxygens (including phenoxy) is 2. The minimum atomic E-state index is -0.464. The van der Waals surface area contributed by atoms with E-state index in [-0.39, 0.29) is 18.7 Å². The van der Waals surface area contributed by atoms with Gasteiger partial charge in [-0.3, -0.25) is 9.59 Å². The maximum atomic E-state index is 11.7. The Bertz CT molecular complexity index is 488. The van der Waals surface area contributed by atoms with Gasteiger partial charge in [0.05, 0.1) is 14.2 Å². The van der Waals surface area contributed by atoms with E-state index in [0.717, 1.165) is 0 Å². The smallest absolute Gasteiger partial charge is 0.202 e. The van der Waals surface area contributed by atoms with E-state index in [1.165, 1.54) is 14.2 Å². The van der Waals surface area contributed by atoms with Crippen LogP contribution in [0.25, 0.3) is 0 Å². The standard InChI is InChI=1S/C13H14BrClO4/c1-18-12-6-8(9(14)7-13(12)19-2)5-11(17)10(16)3-4-15/h6-7H,3-5H2,1-2H3. The second-order valence-electron chi connectivity index (χ2n) is 3.76. The molecule has 0 radical (unpaired) electrons. The summed E-state index contributed by atoms with van der Waals surface area (Å²) < 4.78 is 11.0. The molecule has 0 spiro atoms. The van der Waals surface area contributed by atoms with Crippen LogP contribution in [0.4, 0.5) is 0 Å². The Kier molecular flexibility index (Phi) is 6.31. The predicted octanol–water partition coefficient (Wildman–Crippen LogP) is 2.78. The van der Waals surface area contributed by atoms with E-state index in [9.17, 15) is 9.59 Å². The Labute approximate surface area is 125 Å². The summed E-state index contributed by atoms with van der Waals surface area (Å²) in [4.78, 5) is 23.1. The van der Waals surface area contributed by atoms with Gasteiger partial charge < -0.3 is 9.47 Å². The number of Topliss-reactive ketones (excluding diaryl/α,β-unsaturated/α-hetero) is 2. The summed E-state index contributed by atoms with van der Waals surface area (Å²) in [7, 11) is 3.04. The minimum Gasteiger partial charge on any atom is -0.493 e. The van der Waals surface area contributed by atoms with Gasteiger partial charge in [0.1, 0.15) is 0 Å². The third-order valence-corrected chi connectivity index (χ3v) is 3.46. The fourth-order valence-electron chi connectivity index (χ4n) is 1.53. The Balaban J connectivity index is 2.95. The SMILES string of the molecule is COc1cc(Br)c(CC(=O)C(=O)CCCl)cc1OC. The van der Waals surface area contributed by atoms with Crippen LogP contribution in [0.2, 0.25) is 0 Å². The summed E-state index contributed by atoms with van der Waals surface area (Å²) in [6, 6.07) is 3.38. The first kappa shape index (κ1) is 16.0. The summed E-state index contributed by atoms with van der Waals surface area (Å²) in [6.07, 6.45) is 0.0714. The highest BCUT2D eigenvalue weighted by molar-refractivity contribution is 9.10. The Hall–Kier alpha value is -1.07. The molecule has 0 unspecified atom stereocenters. The lowest BCUT2D eigenvalue weighted by molar-refractivity contribution is -0.136. The number of halogens is 2. The molecule has 0 saturated heterocycles. The van der Waals surface area contributed by atoms with Crippen molar-refractivity contribution in [2.75, 3.05) is 20.1 Å². The molecule has 0 aliphatic carbocycles. The average molecular weight is 350 g/mol. The Morgan fingerprint density at radius 3 is 2.26 bits per heavy atom. The monoisotopic (exact) mass is 348 g/mol. The van der Waals surface area contributed by atoms with E-state index in [1.807, 2.05) is 0 Å². The summed E-state index contributed by atoms with van der Waals surface area (Å²) >= 11 is 8.79. The molecule has 19 heavy (non-hydrogen) atoms. The van der Waals surface area contributed by atoms with Crippen molar-refractivity contribution in [1.82, 2.24) is 0 Å². The van der Waals surface area contributed by atoms with Crippen LogP contribution in [0.5, 0.6) is 11.5 Å². The van der Waals surface area contributed by atoms with Crippen LogP contribution in [-0.2, 0) is 16.0 Å². The molecule has 0 fully saturated rings. The van der Waals surface area contributed by atoms with Crippen molar-refractivity contribution >= 4 is 39.1 Å². The minimum absolute atomic E-state index is 0.0106. The molecule has 104 valence electrons. The molecule has 0 heterocycles. The molecule has 0 aromatic heterocycles. The van der Waals surface area contributed by atoms with Crippen LogP contribution in [0.15, 0.2) is 16.6 Å². The number of rotatable bonds is 7. The maximum Gasteiger partial charge on any atom is 0.202 e. The molecule has 0 saturated carbocycles. The molecular weight excluding hydrogens is 335 g/mol. The molecule has 4 nitrogen and oxygen atoms in total. The van der Waals surface area contributed by atoms with E-state index in [1.54, 1.807) is 12.1 Å². The van der Waals surface area contributed by atoms with E-state index in [2.05, 4.69) is 15.9 Å². The van der Waals surface area contributed by atoms with Crippen molar-refractivity contribution in [3.05, 3.63) is 22.2 Å². The van der Waals surface area contributed by atoms with Crippen molar-refractivity contribution < 1.29 is 19.1 Å². The van der Waals surface area contributed by atoms with Gasteiger partial charge in [0.15, 0.2) is 17.3 Å². The number of ketones is 2. The molecular formula is C13H14BrClO4. The van der Waals surface area contributed by atoms with Gasteiger partial charge in [-0.1, -0.05) is 15.9 Å². The number of alkyl halides is 1. The van der Waals surface area contributed by atoms with Gasteiger partial charge in [0.25, 0.3) is 0 Å². The first-order valence-corrected chi connectivity index (χ1v) is 6.88. The van der Waals surface area contributed by atoms with Crippen LogP contribution in [0, 0.1) is 0 Å². The lowest BCUT2D eigenvalue weighted by Gasteiger charge is -2.11. The van der Waals surface area contributed by atoms with E-state index in [0.29, 0.717) is 21.5 Å². The van der Waals surface area contributed by atoms with Crippen molar-refractivity contribution in [3.63, 3.8) is 0 Å². The summed E-state index contributed by atoms with van der Waals surface area (Å²) in [5, 5.41) is 0. The fourth-order valence-corrected chi connectivity index (χ4v) is 2.16. The molecule has 0 bridgehead atoms. The average Bonchev–Trinajstić information content (AvgIpc) is 2.40. The Morgan fingerprint density at radius 2 is 1.74 bits per heavy atom. The number of carbonyl (C=O) groups excluding carboxylic acids is 2. The normalized spacial score (nSPS) is 10.1. The van der Waals surface area contributed by atoms with E-state index in [4.69, 9.17) is 21.1 Å². The predicted molar refractivity (Wildman–Crippen MR) is 76.3 cm³/mol. The van der Waals surface area contributed by atoms with Gasteiger partial charge in [-0.15, -0.1) is 11.6 Å². The molecule has 0 aliphatic heterocycles. The molecule has 6 heteroatoms. The largest absolute Gasteiger partial charge is 0.493 e. The first-order valence-electron chi connectivity index (χ1n) is 5.55. The highest BCUT2D eigenvalue weighted by Gasteiger charge is 2.17. The molecule has 0 amide bonds. The quantitative estimate of drug-likeness (QED) is 0.561. The third kappa shape index (κ3) is 4.21. The lowest BCUT2D eigenvalue weighted by Crippen LogP contribution is -2.17. The van der Waals surface area contributed by atoms with Crippen LogP contribution < -0.4 is 9.47 Å². The second-order valence-corrected chi connectivity index (χ2v) is 4.99. The molecule has 0 atom stereocenters. The van der Waals surface area contributed by atoms with Gasteiger partial charge in [0, 0.05) is 23.2 Å². The van der Waals surface area contributed by atoms with Gasteiger partial charge in [-0.2, -0.15) is 0 Å². The maximum absolute atomic E-state index is 11.7. The highest BCUT2D eigenvalue weighted by Crippen LogP contribution is 2.33. The number of methoxy groups -OCH3 is 2. The van der Waals surface area contributed by atoms with Crippen LogP contribution in [0.3, 0.4) is 0 Å². The summed E-state index contributed by atoms with van der Waals surface area (Å²) in [5.74, 6) is 0.290. The topological polar surface area (TPSA) is 52.6 Å². The molecule has 0 aliphatic rings. The van der Waals surface area contributed by atoms with Crippen molar-refractivity contribution in [2.45, 2.75) is 12.8 Å². The third-order valence-electron chi connectivity index (χ3n) is 2.54. The van der Waals surface area contributed by atoms with Crippen molar-refractivity contribution in [3.8, 4) is 11.5 Å². The highest BCUT2D eigenvalue weighted by atomic mass is 79.9.